The Morgan fingerprint density at radius 1 is 1.43 bits per heavy atom. The van der Waals surface area contributed by atoms with Crippen LogP contribution < -0.4 is 0 Å². The summed E-state index contributed by atoms with van der Waals surface area (Å²) < 4.78 is 13.4. The first-order valence-electron chi connectivity index (χ1n) is 4.60. The molecule has 1 fully saturated rings. The van der Waals surface area contributed by atoms with Crippen molar-refractivity contribution < 1.29 is 9.18 Å². The van der Waals surface area contributed by atoms with Gasteiger partial charge in [-0.3, -0.25) is 4.79 Å². The molecule has 0 aromatic heterocycles. The normalized spacial score (nSPS) is 18.9. The molecule has 0 atom stereocenters. The van der Waals surface area contributed by atoms with Gasteiger partial charge in [-0.15, -0.1) is 0 Å². The molecule has 2 nitrogen and oxygen atoms in total. The number of hydrogen-bond donors (Lipinski definition) is 0. The summed E-state index contributed by atoms with van der Waals surface area (Å²) in [7, 11) is 0. The Hall–Kier alpha value is -1.38. The van der Waals surface area contributed by atoms with Crippen LogP contribution in [-0.2, 0) is 10.2 Å². The number of carbonyl (C=O) groups is 1. The van der Waals surface area contributed by atoms with Gasteiger partial charge in [0.1, 0.15) is 5.82 Å². The molecular formula is C11H12FNO. The Morgan fingerprint density at radius 2 is 2.07 bits per heavy atom. The maximum absolute atomic E-state index is 13.4. The zero-order valence-corrected chi connectivity index (χ0v) is 8.03. The molecule has 0 bridgehead atoms. The van der Waals surface area contributed by atoms with Crippen LogP contribution >= 0.6 is 0 Å². The quantitative estimate of drug-likeness (QED) is 0.653. The van der Waals surface area contributed by atoms with Crippen molar-refractivity contribution >= 4 is 6.41 Å². The molecule has 1 aromatic carbocycles. The molecule has 1 aliphatic rings. The first kappa shape index (κ1) is 9.19. The summed E-state index contributed by atoms with van der Waals surface area (Å²) in [5.74, 6) is -0.180. The minimum Gasteiger partial charge on any atom is -0.343 e. The van der Waals surface area contributed by atoms with E-state index >= 15 is 0 Å². The lowest BCUT2D eigenvalue weighted by Gasteiger charge is -2.46. The number of carbonyl (C=O) groups excluding carboxylic acids is 1. The standard InChI is InChI=1S/C11H12FNO/c1-11(6-13(7-11)8-14)9-4-2-3-5-10(9)12/h2-5,8H,6-7H2,1H3. The maximum atomic E-state index is 13.4. The van der Waals surface area contributed by atoms with Crippen molar-refractivity contribution in [2.45, 2.75) is 12.3 Å². The molecule has 1 aromatic rings. The van der Waals surface area contributed by atoms with Crippen LogP contribution in [-0.4, -0.2) is 24.4 Å². The zero-order valence-electron chi connectivity index (χ0n) is 8.03. The summed E-state index contributed by atoms with van der Waals surface area (Å²) in [5, 5.41) is 0. The predicted molar refractivity (Wildman–Crippen MR) is 51.4 cm³/mol. The number of benzene rings is 1. The third-order valence-electron chi connectivity index (χ3n) is 2.78. The highest BCUT2D eigenvalue weighted by Gasteiger charge is 2.40. The summed E-state index contributed by atoms with van der Waals surface area (Å²) in [4.78, 5) is 12.1. The number of amides is 1. The third kappa shape index (κ3) is 1.29. The maximum Gasteiger partial charge on any atom is 0.209 e. The Balaban J connectivity index is 2.25. The molecule has 0 aliphatic carbocycles. The lowest BCUT2D eigenvalue weighted by atomic mass is 9.75. The highest BCUT2D eigenvalue weighted by Crippen LogP contribution is 2.34. The fourth-order valence-electron chi connectivity index (χ4n) is 2.05. The molecule has 3 heteroatoms. The first-order chi connectivity index (χ1) is 6.65. The van der Waals surface area contributed by atoms with Crippen LogP contribution in [0.5, 0.6) is 0 Å². The average molecular weight is 193 g/mol. The highest BCUT2D eigenvalue weighted by molar-refractivity contribution is 5.51. The van der Waals surface area contributed by atoms with Crippen molar-refractivity contribution in [3.05, 3.63) is 35.6 Å². The third-order valence-corrected chi connectivity index (χ3v) is 2.78. The van der Waals surface area contributed by atoms with E-state index in [9.17, 15) is 9.18 Å². The second-order valence-electron chi connectivity index (χ2n) is 4.05. The van der Waals surface area contributed by atoms with Gasteiger partial charge in [0.25, 0.3) is 0 Å². The molecule has 2 rings (SSSR count). The smallest absolute Gasteiger partial charge is 0.209 e. The summed E-state index contributed by atoms with van der Waals surface area (Å²) >= 11 is 0. The average Bonchev–Trinajstić information content (AvgIpc) is 2.13. The van der Waals surface area contributed by atoms with Gasteiger partial charge in [0.05, 0.1) is 0 Å². The molecule has 1 heterocycles. The van der Waals surface area contributed by atoms with E-state index < -0.39 is 0 Å². The molecule has 0 saturated carbocycles. The van der Waals surface area contributed by atoms with E-state index in [0.29, 0.717) is 18.7 Å². The van der Waals surface area contributed by atoms with Crippen molar-refractivity contribution in [2.75, 3.05) is 13.1 Å². The minimum atomic E-state index is -0.202. The fraction of sp³-hybridized carbons (Fsp3) is 0.364. The molecule has 1 aliphatic heterocycles. The second kappa shape index (κ2) is 3.08. The number of rotatable bonds is 2. The molecule has 0 N–H and O–H groups in total. The van der Waals surface area contributed by atoms with Gasteiger partial charge in [0, 0.05) is 18.5 Å². The van der Waals surface area contributed by atoms with Gasteiger partial charge in [-0.05, 0) is 11.6 Å². The number of likely N-dealkylation sites (tertiary alicyclic amines) is 1. The summed E-state index contributed by atoms with van der Waals surface area (Å²) in [6.07, 6.45) is 0.808. The largest absolute Gasteiger partial charge is 0.343 e. The van der Waals surface area contributed by atoms with Gasteiger partial charge >= 0.3 is 0 Å². The Bertz CT molecular complexity index is 358. The molecule has 0 radical (unpaired) electrons. The molecule has 1 amide bonds. The topological polar surface area (TPSA) is 20.3 Å². The van der Waals surface area contributed by atoms with E-state index in [1.807, 2.05) is 13.0 Å². The lowest BCUT2D eigenvalue weighted by Crippen LogP contribution is -2.57. The molecular weight excluding hydrogens is 181 g/mol. The number of halogens is 1. The predicted octanol–water partition coefficient (Wildman–Crippen LogP) is 1.56. The van der Waals surface area contributed by atoms with Gasteiger partial charge in [-0.25, -0.2) is 4.39 Å². The Kier molecular flexibility index (Phi) is 2.02. The molecule has 14 heavy (non-hydrogen) atoms. The minimum absolute atomic E-state index is 0.180. The fourth-order valence-corrected chi connectivity index (χ4v) is 2.05. The van der Waals surface area contributed by atoms with Gasteiger partial charge in [-0.2, -0.15) is 0 Å². The van der Waals surface area contributed by atoms with Crippen molar-refractivity contribution in [1.29, 1.82) is 0 Å². The number of nitrogens with zero attached hydrogens (tertiary/aromatic N) is 1. The van der Waals surface area contributed by atoms with Crippen molar-refractivity contribution in [1.82, 2.24) is 4.90 Å². The van der Waals surface area contributed by atoms with E-state index in [1.54, 1.807) is 17.0 Å². The van der Waals surface area contributed by atoms with Crippen LogP contribution in [0.3, 0.4) is 0 Å². The van der Waals surface area contributed by atoms with Gasteiger partial charge in [0.15, 0.2) is 0 Å². The monoisotopic (exact) mass is 193 g/mol. The lowest BCUT2D eigenvalue weighted by molar-refractivity contribution is -0.124. The van der Waals surface area contributed by atoms with Crippen molar-refractivity contribution in [3.8, 4) is 0 Å². The van der Waals surface area contributed by atoms with Crippen LogP contribution in [0.2, 0.25) is 0 Å². The van der Waals surface area contributed by atoms with Crippen LogP contribution in [0.4, 0.5) is 4.39 Å². The molecule has 1 saturated heterocycles. The van der Waals surface area contributed by atoms with E-state index in [4.69, 9.17) is 0 Å². The van der Waals surface area contributed by atoms with Gasteiger partial charge in [-0.1, -0.05) is 25.1 Å². The SMILES string of the molecule is CC1(c2ccccc2F)CN(C=O)C1. The van der Waals surface area contributed by atoms with E-state index in [1.165, 1.54) is 6.07 Å². The van der Waals surface area contributed by atoms with Crippen LogP contribution in [0.25, 0.3) is 0 Å². The zero-order chi connectivity index (χ0) is 10.2. The van der Waals surface area contributed by atoms with Crippen molar-refractivity contribution in [3.63, 3.8) is 0 Å². The van der Waals surface area contributed by atoms with E-state index in [2.05, 4.69) is 0 Å². The first-order valence-corrected chi connectivity index (χ1v) is 4.60. The highest BCUT2D eigenvalue weighted by atomic mass is 19.1. The van der Waals surface area contributed by atoms with Crippen LogP contribution in [0.15, 0.2) is 24.3 Å². The Morgan fingerprint density at radius 3 is 2.64 bits per heavy atom. The second-order valence-corrected chi connectivity index (χ2v) is 4.05. The van der Waals surface area contributed by atoms with E-state index in [-0.39, 0.29) is 11.2 Å². The Labute approximate surface area is 82.3 Å². The van der Waals surface area contributed by atoms with Crippen LogP contribution in [0.1, 0.15) is 12.5 Å². The van der Waals surface area contributed by atoms with Crippen LogP contribution in [0, 0.1) is 5.82 Å². The van der Waals surface area contributed by atoms with Crippen molar-refractivity contribution in [2.24, 2.45) is 0 Å². The summed E-state index contributed by atoms with van der Waals surface area (Å²) in [6.45, 7) is 3.19. The molecule has 0 unspecified atom stereocenters. The summed E-state index contributed by atoms with van der Waals surface area (Å²) in [5.41, 5.74) is 0.504. The van der Waals surface area contributed by atoms with Gasteiger partial charge in [0.2, 0.25) is 6.41 Å². The van der Waals surface area contributed by atoms with Gasteiger partial charge < -0.3 is 4.90 Å². The van der Waals surface area contributed by atoms with E-state index in [0.717, 1.165) is 6.41 Å². The molecule has 0 spiro atoms. The molecule has 74 valence electrons. The number of hydrogen-bond acceptors (Lipinski definition) is 1. The summed E-state index contributed by atoms with van der Waals surface area (Å²) in [6, 6.07) is 6.76.